The van der Waals surface area contributed by atoms with Crippen LogP contribution in [0.3, 0.4) is 0 Å². The van der Waals surface area contributed by atoms with Crippen LogP contribution >= 0.6 is 0 Å². The Morgan fingerprint density at radius 2 is 1.83 bits per heavy atom. The number of piperidine rings is 1. The molecular weight excluding hydrogens is 282 g/mol. The maximum Gasteiger partial charge on any atom is 0.119 e. The first kappa shape index (κ1) is 16.8. The van der Waals surface area contributed by atoms with Crippen molar-refractivity contribution < 1.29 is 4.74 Å². The van der Waals surface area contributed by atoms with Crippen LogP contribution in [-0.2, 0) is 5.41 Å². The Balaban J connectivity index is 1.47. The molecular formula is C21H33NO. The second kappa shape index (κ2) is 7.70. The smallest absolute Gasteiger partial charge is 0.119 e. The van der Waals surface area contributed by atoms with E-state index in [4.69, 9.17) is 4.74 Å². The van der Waals surface area contributed by atoms with E-state index in [1.807, 2.05) is 0 Å². The van der Waals surface area contributed by atoms with Crippen LogP contribution in [0.4, 0.5) is 0 Å². The Bertz CT molecular complexity index is 475. The van der Waals surface area contributed by atoms with E-state index in [0.717, 1.165) is 24.8 Å². The van der Waals surface area contributed by atoms with Crippen LogP contribution in [0, 0.1) is 5.92 Å². The third-order valence-corrected chi connectivity index (χ3v) is 5.93. The molecule has 1 heterocycles. The van der Waals surface area contributed by atoms with Crippen LogP contribution in [0.2, 0.25) is 0 Å². The van der Waals surface area contributed by atoms with Gasteiger partial charge in [-0.2, -0.15) is 0 Å². The summed E-state index contributed by atoms with van der Waals surface area (Å²) in [5.74, 6) is 1.87. The molecule has 1 aromatic rings. The molecule has 1 aliphatic heterocycles. The summed E-state index contributed by atoms with van der Waals surface area (Å²) in [5, 5.41) is 0. The predicted octanol–water partition coefficient (Wildman–Crippen LogP) is 5.02. The highest BCUT2D eigenvalue weighted by molar-refractivity contribution is 5.32. The van der Waals surface area contributed by atoms with Gasteiger partial charge in [0.05, 0.1) is 0 Å². The summed E-state index contributed by atoms with van der Waals surface area (Å²) in [6.07, 6.45) is 9.56. The van der Waals surface area contributed by atoms with E-state index in [0.29, 0.717) is 5.41 Å². The normalized spacial score (nSPS) is 25.2. The SMILES string of the molecule is CC1CCCN(CCOc2ccc(C3(C)CCCCC3)cc2)C1. The summed E-state index contributed by atoms with van der Waals surface area (Å²) in [5.41, 5.74) is 1.88. The van der Waals surface area contributed by atoms with Crippen molar-refractivity contribution in [2.24, 2.45) is 5.92 Å². The first-order valence-corrected chi connectivity index (χ1v) is 9.61. The summed E-state index contributed by atoms with van der Waals surface area (Å²) in [6, 6.07) is 8.94. The molecule has 1 saturated carbocycles. The van der Waals surface area contributed by atoms with Crippen LogP contribution in [0.25, 0.3) is 0 Å². The molecule has 2 aliphatic rings. The maximum absolute atomic E-state index is 5.98. The van der Waals surface area contributed by atoms with Crippen molar-refractivity contribution in [2.45, 2.75) is 64.2 Å². The van der Waals surface area contributed by atoms with E-state index in [2.05, 4.69) is 43.0 Å². The van der Waals surface area contributed by atoms with Gasteiger partial charge in [0.1, 0.15) is 12.4 Å². The van der Waals surface area contributed by atoms with Gasteiger partial charge in [0.15, 0.2) is 0 Å². The van der Waals surface area contributed by atoms with E-state index in [1.165, 1.54) is 63.6 Å². The van der Waals surface area contributed by atoms with Crippen LogP contribution in [0.15, 0.2) is 24.3 Å². The van der Waals surface area contributed by atoms with Gasteiger partial charge in [0.25, 0.3) is 0 Å². The lowest BCUT2D eigenvalue weighted by atomic mass is 9.71. The zero-order chi connectivity index (χ0) is 16.1. The number of benzene rings is 1. The van der Waals surface area contributed by atoms with Crippen molar-refractivity contribution in [3.8, 4) is 5.75 Å². The van der Waals surface area contributed by atoms with Crippen molar-refractivity contribution in [3.63, 3.8) is 0 Å². The molecule has 0 spiro atoms. The van der Waals surface area contributed by atoms with Gasteiger partial charge in [-0.3, -0.25) is 4.90 Å². The second-order valence-corrected chi connectivity index (χ2v) is 8.04. The lowest BCUT2D eigenvalue weighted by molar-refractivity contribution is 0.153. The molecule has 0 aromatic heterocycles. The molecule has 1 aliphatic carbocycles. The van der Waals surface area contributed by atoms with Crippen LogP contribution in [0.1, 0.15) is 64.4 Å². The Morgan fingerprint density at radius 1 is 1.09 bits per heavy atom. The van der Waals surface area contributed by atoms with Crippen molar-refractivity contribution in [2.75, 3.05) is 26.2 Å². The number of ether oxygens (including phenoxy) is 1. The maximum atomic E-state index is 5.98. The summed E-state index contributed by atoms with van der Waals surface area (Å²) >= 11 is 0. The minimum absolute atomic E-state index is 0.390. The van der Waals surface area contributed by atoms with Gasteiger partial charge in [-0.05, 0) is 61.3 Å². The fourth-order valence-electron chi connectivity index (χ4n) is 4.36. The first-order chi connectivity index (χ1) is 11.2. The summed E-state index contributed by atoms with van der Waals surface area (Å²) in [4.78, 5) is 2.55. The van der Waals surface area contributed by atoms with E-state index >= 15 is 0 Å². The monoisotopic (exact) mass is 315 g/mol. The predicted molar refractivity (Wildman–Crippen MR) is 97.2 cm³/mol. The molecule has 0 radical (unpaired) electrons. The third-order valence-electron chi connectivity index (χ3n) is 5.93. The van der Waals surface area contributed by atoms with Crippen LogP contribution in [-0.4, -0.2) is 31.1 Å². The number of nitrogens with zero attached hydrogens (tertiary/aromatic N) is 1. The Kier molecular flexibility index (Phi) is 5.63. The molecule has 0 amide bonds. The minimum Gasteiger partial charge on any atom is -0.492 e. The average Bonchev–Trinajstić information content (AvgIpc) is 2.56. The molecule has 0 N–H and O–H groups in total. The molecule has 1 unspecified atom stereocenters. The van der Waals surface area contributed by atoms with Gasteiger partial charge < -0.3 is 4.74 Å². The van der Waals surface area contributed by atoms with Crippen molar-refractivity contribution in [1.82, 2.24) is 4.90 Å². The quantitative estimate of drug-likeness (QED) is 0.756. The van der Waals surface area contributed by atoms with Gasteiger partial charge in [-0.25, -0.2) is 0 Å². The fourth-order valence-corrected chi connectivity index (χ4v) is 4.36. The third kappa shape index (κ3) is 4.50. The van der Waals surface area contributed by atoms with E-state index in [1.54, 1.807) is 0 Å². The number of likely N-dealkylation sites (tertiary alicyclic amines) is 1. The first-order valence-electron chi connectivity index (χ1n) is 9.61. The molecule has 1 saturated heterocycles. The molecule has 0 bridgehead atoms. The highest BCUT2D eigenvalue weighted by Crippen LogP contribution is 2.39. The van der Waals surface area contributed by atoms with Crippen LogP contribution < -0.4 is 4.74 Å². The molecule has 2 fully saturated rings. The Morgan fingerprint density at radius 3 is 2.52 bits per heavy atom. The lowest BCUT2D eigenvalue weighted by Gasteiger charge is -2.34. The van der Waals surface area contributed by atoms with E-state index in [9.17, 15) is 0 Å². The van der Waals surface area contributed by atoms with Crippen molar-refractivity contribution >= 4 is 0 Å². The number of hydrogen-bond acceptors (Lipinski definition) is 2. The van der Waals surface area contributed by atoms with E-state index < -0.39 is 0 Å². The topological polar surface area (TPSA) is 12.5 Å². The number of hydrogen-bond donors (Lipinski definition) is 0. The minimum atomic E-state index is 0.390. The summed E-state index contributed by atoms with van der Waals surface area (Å²) in [7, 11) is 0. The molecule has 3 rings (SSSR count). The van der Waals surface area contributed by atoms with Gasteiger partial charge in [0, 0.05) is 13.1 Å². The van der Waals surface area contributed by atoms with Gasteiger partial charge in [-0.1, -0.05) is 45.2 Å². The molecule has 2 heteroatoms. The summed E-state index contributed by atoms with van der Waals surface area (Å²) in [6.45, 7) is 9.13. The lowest BCUT2D eigenvalue weighted by Crippen LogP contribution is -2.37. The Labute approximate surface area is 142 Å². The van der Waals surface area contributed by atoms with Gasteiger partial charge in [-0.15, -0.1) is 0 Å². The fraction of sp³-hybridized carbons (Fsp3) is 0.714. The van der Waals surface area contributed by atoms with Crippen molar-refractivity contribution in [1.29, 1.82) is 0 Å². The largest absolute Gasteiger partial charge is 0.492 e. The number of rotatable bonds is 5. The average molecular weight is 316 g/mol. The zero-order valence-electron chi connectivity index (χ0n) is 15.0. The molecule has 23 heavy (non-hydrogen) atoms. The van der Waals surface area contributed by atoms with Crippen molar-refractivity contribution in [3.05, 3.63) is 29.8 Å². The molecule has 2 nitrogen and oxygen atoms in total. The van der Waals surface area contributed by atoms with Gasteiger partial charge in [0.2, 0.25) is 0 Å². The Hall–Kier alpha value is -1.02. The molecule has 1 aromatic carbocycles. The second-order valence-electron chi connectivity index (χ2n) is 8.04. The zero-order valence-corrected chi connectivity index (χ0v) is 15.0. The standard InChI is InChI=1S/C21H33NO/c1-18-7-6-14-22(17-18)15-16-23-20-10-8-19(9-11-20)21(2)12-4-3-5-13-21/h8-11,18H,3-7,12-17H2,1-2H3. The van der Waals surface area contributed by atoms with Crippen LogP contribution in [0.5, 0.6) is 5.75 Å². The summed E-state index contributed by atoms with van der Waals surface area (Å²) < 4.78 is 5.98. The molecule has 128 valence electrons. The highest BCUT2D eigenvalue weighted by Gasteiger charge is 2.28. The molecule has 1 atom stereocenters. The highest BCUT2D eigenvalue weighted by atomic mass is 16.5. The van der Waals surface area contributed by atoms with E-state index in [-0.39, 0.29) is 0 Å². The van der Waals surface area contributed by atoms with Gasteiger partial charge >= 0.3 is 0 Å².